The van der Waals surface area contributed by atoms with Crippen LogP contribution in [-0.4, -0.2) is 38.4 Å². The van der Waals surface area contributed by atoms with Crippen molar-refractivity contribution in [1.29, 1.82) is 0 Å². The van der Waals surface area contributed by atoms with Gasteiger partial charge in [0.2, 0.25) is 11.5 Å². The molecule has 0 fully saturated rings. The fourth-order valence-electron chi connectivity index (χ4n) is 3.26. The lowest BCUT2D eigenvalue weighted by atomic mass is 9.85. The molecule has 0 saturated carbocycles. The zero-order valence-electron chi connectivity index (χ0n) is 11.3. The van der Waals surface area contributed by atoms with E-state index in [0.29, 0.717) is 22.3 Å². The molecule has 1 aliphatic heterocycles. The summed E-state index contributed by atoms with van der Waals surface area (Å²) in [5.41, 5.74) is 0.797. The van der Waals surface area contributed by atoms with Gasteiger partial charge in [0.15, 0.2) is 17.3 Å². The van der Waals surface area contributed by atoms with Crippen molar-refractivity contribution in [3.05, 3.63) is 52.5 Å². The molecular weight excluding hydrogens is 288 g/mol. The number of hydrogen-bond donors (Lipinski definition) is 4. The van der Waals surface area contributed by atoms with Crippen molar-refractivity contribution in [2.75, 3.05) is 6.61 Å². The zero-order valence-corrected chi connectivity index (χ0v) is 11.3. The Kier molecular flexibility index (Phi) is 2.31. The van der Waals surface area contributed by atoms with E-state index in [-0.39, 0.29) is 30.3 Å². The fourth-order valence-corrected chi connectivity index (χ4v) is 3.26. The Morgan fingerprint density at radius 2 is 1.82 bits per heavy atom. The SMILES string of the molecule is O=C1C=CC2=C3c4cc(O)c(O)cc4C[C@]3(O)COC2=C1O. The molecule has 4 rings (SSSR count). The summed E-state index contributed by atoms with van der Waals surface area (Å²) in [5, 5.41) is 40.1. The predicted molar refractivity (Wildman–Crippen MR) is 75.1 cm³/mol. The van der Waals surface area contributed by atoms with Crippen LogP contribution in [0.4, 0.5) is 0 Å². The summed E-state index contributed by atoms with van der Waals surface area (Å²) in [6.07, 6.45) is 2.90. The van der Waals surface area contributed by atoms with Gasteiger partial charge >= 0.3 is 0 Å². The molecule has 22 heavy (non-hydrogen) atoms. The average molecular weight is 300 g/mol. The number of benzene rings is 1. The lowest BCUT2D eigenvalue weighted by molar-refractivity contribution is -0.114. The highest BCUT2D eigenvalue weighted by Gasteiger charge is 2.47. The maximum absolute atomic E-state index is 11.5. The van der Waals surface area contributed by atoms with Crippen LogP contribution >= 0.6 is 0 Å². The summed E-state index contributed by atoms with van der Waals surface area (Å²) >= 11 is 0. The third kappa shape index (κ3) is 1.50. The van der Waals surface area contributed by atoms with Crippen LogP contribution in [0, 0.1) is 0 Å². The van der Waals surface area contributed by atoms with E-state index in [0.717, 1.165) is 0 Å². The monoisotopic (exact) mass is 300 g/mol. The van der Waals surface area contributed by atoms with Crippen molar-refractivity contribution in [1.82, 2.24) is 0 Å². The number of aromatic hydroxyl groups is 2. The number of phenolic OH excluding ortho intramolecular Hbond substituents is 2. The molecule has 3 aliphatic rings. The van der Waals surface area contributed by atoms with E-state index in [1.54, 1.807) is 0 Å². The Hall–Kier alpha value is -2.73. The first kappa shape index (κ1) is 13.0. The van der Waals surface area contributed by atoms with Gasteiger partial charge in [-0.05, 0) is 35.4 Å². The molecule has 112 valence electrons. The van der Waals surface area contributed by atoms with Crippen molar-refractivity contribution in [2.24, 2.45) is 0 Å². The molecule has 0 bridgehead atoms. The number of phenols is 2. The Labute approximate surface area is 124 Å². The van der Waals surface area contributed by atoms with Crippen LogP contribution in [0.15, 0.2) is 41.4 Å². The number of rotatable bonds is 0. The van der Waals surface area contributed by atoms with Gasteiger partial charge in [0.1, 0.15) is 12.2 Å². The summed E-state index contributed by atoms with van der Waals surface area (Å²) in [4.78, 5) is 11.5. The molecule has 0 radical (unpaired) electrons. The van der Waals surface area contributed by atoms with Crippen molar-refractivity contribution in [2.45, 2.75) is 12.0 Å². The van der Waals surface area contributed by atoms with Crippen LogP contribution in [0.1, 0.15) is 11.1 Å². The second-order valence-electron chi connectivity index (χ2n) is 5.66. The Morgan fingerprint density at radius 3 is 2.59 bits per heavy atom. The largest absolute Gasteiger partial charge is 0.504 e. The number of ketones is 1. The van der Waals surface area contributed by atoms with Gasteiger partial charge in [-0.25, -0.2) is 0 Å². The zero-order chi connectivity index (χ0) is 15.6. The molecule has 0 aromatic heterocycles. The second kappa shape index (κ2) is 3.92. The minimum absolute atomic E-state index is 0.0348. The summed E-state index contributed by atoms with van der Waals surface area (Å²) in [5.74, 6) is -1.58. The minimum atomic E-state index is -1.33. The van der Waals surface area contributed by atoms with Gasteiger partial charge in [-0.15, -0.1) is 0 Å². The Bertz CT molecular complexity index is 829. The molecule has 1 atom stereocenters. The Morgan fingerprint density at radius 1 is 1.09 bits per heavy atom. The van der Waals surface area contributed by atoms with Crippen LogP contribution in [-0.2, 0) is 16.0 Å². The summed E-state index contributed by atoms with van der Waals surface area (Å²) in [7, 11) is 0. The van der Waals surface area contributed by atoms with Gasteiger partial charge in [0.25, 0.3) is 0 Å². The van der Waals surface area contributed by atoms with Crippen molar-refractivity contribution in [3.63, 3.8) is 0 Å². The lowest BCUT2D eigenvalue weighted by Gasteiger charge is -2.33. The molecule has 1 aromatic rings. The molecule has 0 unspecified atom stereocenters. The maximum atomic E-state index is 11.5. The van der Waals surface area contributed by atoms with Crippen molar-refractivity contribution >= 4 is 11.4 Å². The highest BCUT2D eigenvalue weighted by atomic mass is 16.5. The van der Waals surface area contributed by atoms with Crippen molar-refractivity contribution in [3.8, 4) is 11.5 Å². The molecule has 1 aromatic carbocycles. The standard InChI is InChI=1S/C16H12O6/c17-10-2-1-8-13-9-4-12(19)11(18)3-7(9)5-16(13,21)6-22-15(8)14(10)20/h1-4,18-21H,5-6H2/t16-/m0/s1. The number of fused-ring (bicyclic) bond motifs is 4. The van der Waals surface area contributed by atoms with E-state index >= 15 is 0 Å². The quantitative estimate of drug-likeness (QED) is 0.534. The van der Waals surface area contributed by atoms with Gasteiger partial charge in [-0.1, -0.05) is 0 Å². The molecular formula is C16H12O6. The molecule has 0 amide bonds. The number of aliphatic hydroxyl groups is 2. The van der Waals surface area contributed by atoms with Gasteiger partial charge < -0.3 is 25.2 Å². The Balaban J connectivity index is 2.04. The van der Waals surface area contributed by atoms with Crippen molar-refractivity contribution < 1.29 is 30.0 Å². The van der Waals surface area contributed by atoms with Crippen LogP contribution in [0.2, 0.25) is 0 Å². The number of carbonyl (C=O) groups is 1. The van der Waals surface area contributed by atoms with E-state index in [4.69, 9.17) is 4.74 Å². The normalized spacial score (nSPS) is 25.8. The molecule has 0 saturated heterocycles. The molecule has 2 aliphatic carbocycles. The smallest absolute Gasteiger partial charge is 0.224 e. The van der Waals surface area contributed by atoms with E-state index in [2.05, 4.69) is 0 Å². The summed E-state index contributed by atoms with van der Waals surface area (Å²) in [6.45, 7) is -0.122. The van der Waals surface area contributed by atoms with E-state index < -0.39 is 17.1 Å². The third-order valence-corrected chi connectivity index (χ3v) is 4.24. The molecule has 0 spiro atoms. The minimum Gasteiger partial charge on any atom is -0.504 e. The van der Waals surface area contributed by atoms with Gasteiger partial charge in [-0.3, -0.25) is 4.79 Å². The summed E-state index contributed by atoms with van der Waals surface area (Å²) in [6, 6.07) is 2.77. The number of aliphatic hydroxyl groups excluding tert-OH is 1. The average Bonchev–Trinajstić information content (AvgIpc) is 2.75. The van der Waals surface area contributed by atoms with Crippen LogP contribution in [0.5, 0.6) is 11.5 Å². The topological polar surface area (TPSA) is 107 Å². The molecule has 1 heterocycles. The molecule has 6 heteroatoms. The highest BCUT2D eigenvalue weighted by Crippen LogP contribution is 2.50. The van der Waals surface area contributed by atoms with Gasteiger partial charge in [0, 0.05) is 17.6 Å². The summed E-state index contributed by atoms with van der Waals surface area (Å²) < 4.78 is 5.40. The first-order valence-electron chi connectivity index (χ1n) is 6.72. The van der Waals surface area contributed by atoms with Gasteiger partial charge in [-0.2, -0.15) is 0 Å². The third-order valence-electron chi connectivity index (χ3n) is 4.24. The molecule has 6 nitrogen and oxygen atoms in total. The lowest BCUT2D eigenvalue weighted by Crippen LogP contribution is -2.39. The van der Waals surface area contributed by atoms with E-state index in [9.17, 15) is 25.2 Å². The first-order chi connectivity index (χ1) is 10.4. The molecule has 4 N–H and O–H groups in total. The number of ether oxygens (including phenoxy) is 1. The maximum Gasteiger partial charge on any atom is 0.224 e. The van der Waals surface area contributed by atoms with E-state index in [1.165, 1.54) is 24.3 Å². The first-order valence-corrected chi connectivity index (χ1v) is 6.72. The number of allylic oxidation sites excluding steroid dienone is 2. The van der Waals surface area contributed by atoms with Crippen LogP contribution < -0.4 is 0 Å². The van der Waals surface area contributed by atoms with Gasteiger partial charge in [0.05, 0.1) is 0 Å². The van der Waals surface area contributed by atoms with E-state index in [1.807, 2.05) is 0 Å². The second-order valence-corrected chi connectivity index (χ2v) is 5.66. The fraction of sp³-hybridized carbons (Fsp3) is 0.188. The predicted octanol–water partition coefficient (Wildman–Crippen LogP) is 1.08. The van der Waals surface area contributed by atoms with Crippen LogP contribution in [0.3, 0.4) is 0 Å². The number of hydrogen-bond acceptors (Lipinski definition) is 6. The highest BCUT2D eigenvalue weighted by molar-refractivity contribution is 6.06. The van der Waals surface area contributed by atoms with Crippen LogP contribution in [0.25, 0.3) is 5.57 Å². The number of carbonyl (C=O) groups excluding carboxylic acids is 1.